The van der Waals surface area contributed by atoms with Gasteiger partial charge in [-0.3, -0.25) is 0 Å². The van der Waals surface area contributed by atoms with Gasteiger partial charge in [-0.15, -0.1) is 0 Å². The highest BCUT2D eigenvalue weighted by atomic mass is 15.2. The summed E-state index contributed by atoms with van der Waals surface area (Å²) in [6.45, 7) is 2.90. The van der Waals surface area contributed by atoms with E-state index in [0.29, 0.717) is 5.92 Å². The van der Waals surface area contributed by atoms with Gasteiger partial charge in [0.2, 0.25) is 0 Å². The van der Waals surface area contributed by atoms with Gasteiger partial charge in [-0.25, -0.2) is 9.97 Å². The molecule has 4 aromatic rings. The zero-order chi connectivity index (χ0) is 18.8. The van der Waals surface area contributed by atoms with Gasteiger partial charge in [0.05, 0.1) is 5.52 Å². The molecule has 4 heteroatoms. The predicted molar refractivity (Wildman–Crippen MR) is 114 cm³/mol. The minimum Gasteiger partial charge on any atom is -0.356 e. The maximum Gasteiger partial charge on any atom is 0.129 e. The van der Waals surface area contributed by atoms with Crippen molar-refractivity contribution in [1.29, 1.82) is 0 Å². The van der Waals surface area contributed by atoms with Crippen molar-refractivity contribution < 1.29 is 0 Å². The van der Waals surface area contributed by atoms with Crippen molar-refractivity contribution in [3.05, 3.63) is 90.5 Å². The number of imidazole rings is 1. The molecule has 3 heterocycles. The minimum absolute atomic E-state index is 0.431. The van der Waals surface area contributed by atoms with Crippen LogP contribution >= 0.6 is 0 Å². The van der Waals surface area contributed by atoms with E-state index in [1.54, 1.807) is 0 Å². The summed E-state index contributed by atoms with van der Waals surface area (Å²) in [6.07, 6.45) is 6.38. The van der Waals surface area contributed by atoms with Crippen LogP contribution in [0.15, 0.2) is 79.1 Å². The van der Waals surface area contributed by atoms with Gasteiger partial charge in [-0.05, 0) is 36.6 Å². The van der Waals surface area contributed by atoms with Gasteiger partial charge in [0.15, 0.2) is 0 Å². The summed E-state index contributed by atoms with van der Waals surface area (Å²) >= 11 is 0. The molecule has 0 amide bonds. The number of pyridine rings is 1. The number of aromatic nitrogens is 3. The van der Waals surface area contributed by atoms with Crippen LogP contribution in [0.25, 0.3) is 10.9 Å². The Morgan fingerprint density at radius 1 is 0.929 bits per heavy atom. The monoisotopic (exact) mass is 368 g/mol. The maximum absolute atomic E-state index is 4.90. The van der Waals surface area contributed by atoms with Crippen LogP contribution in [0.3, 0.4) is 0 Å². The fraction of sp³-hybridized carbons (Fsp3) is 0.250. The average Bonchev–Trinajstić information content (AvgIpc) is 3.22. The van der Waals surface area contributed by atoms with Crippen LogP contribution in [-0.4, -0.2) is 27.6 Å². The molecule has 4 nitrogen and oxygen atoms in total. The number of hydrogen-bond acceptors (Lipinski definition) is 3. The second-order valence-electron chi connectivity index (χ2n) is 7.55. The van der Waals surface area contributed by atoms with Crippen LogP contribution in [0.2, 0.25) is 0 Å². The number of rotatable bonds is 4. The molecule has 28 heavy (non-hydrogen) atoms. The highest BCUT2D eigenvalue weighted by Crippen LogP contribution is 2.29. The summed E-state index contributed by atoms with van der Waals surface area (Å²) in [4.78, 5) is 12.1. The lowest BCUT2D eigenvalue weighted by atomic mass is 9.97. The van der Waals surface area contributed by atoms with Crippen LogP contribution < -0.4 is 4.90 Å². The van der Waals surface area contributed by atoms with E-state index < -0.39 is 0 Å². The smallest absolute Gasteiger partial charge is 0.129 e. The number of para-hydroxylation sites is 1. The molecular formula is C24H24N4. The second kappa shape index (κ2) is 7.47. The zero-order valence-electron chi connectivity index (χ0n) is 15.9. The van der Waals surface area contributed by atoms with Gasteiger partial charge in [0, 0.05) is 43.3 Å². The molecule has 1 atom stereocenters. The molecule has 1 fully saturated rings. The number of nitrogens with zero attached hydrogens (tertiary/aromatic N) is 4. The summed E-state index contributed by atoms with van der Waals surface area (Å²) < 4.78 is 2.30. The zero-order valence-corrected chi connectivity index (χ0v) is 15.9. The average molecular weight is 368 g/mol. The Bertz CT molecular complexity index is 1070. The van der Waals surface area contributed by atoms with Gasteiger partial charge in [-0.2, -0.15) is 0 Å². The molecule has 0 aliphatic carbocycles. The summed E-state index contributed by atoms with van der Waals surface area (Å²) in [5.41, 5.74) is 2.37. The van der Waals surface area contributed by atoms with Crippen LogP contribution in [0.4, 0.5) is 5.82 Å². The number of anilines is 1. The SMILES string of the molecule is c1ccc(Cn2ccnc2C2CCCN(c3ccc4ccccc4n3)C2)cc1. The Labute approximate surface area is 165 Å². The highest BCUT2D eigenvalue weighted by Gasteiger charge is 2.25. The summed E-state index contributed by atoms with van der Waals surface area (Å²) in [5, 5.41) is 1.19. The maximum atomic E-state index is 4.90. The summed E-state index contributed by atoms with van der Waals surface area (Å²) in [5.74, 6) is 2.69. The van der Waals surface area contributed by atoms with E-state index in [9.17, 15) is 0 Å². The van der Waals surface area contributed by atoms with E-state index in [4.69, 9.17) is 9.97 Å². The topological polar surface area (TPSA) is 34.0 Å². The molecule has 0 N–H and O–H groups in total. The van der Waals surface area contributed by atoms with Crippen LogP contribution in [0, 0.1) is 0 Å². The fourth-order valence-corrected chi connectivity index (χ4v) is 4.22. The van der Waals surface area contributed by atoms with Gasteiger partial charge in [0.1, 0.15) is 11.6 Å². The molecule has 1 aliphatic heterocycles. The molecule has 1 unspecified atom stereocenters. The molecule has 5 rings (SSSR count). The lowest BCUT2D eigenvalue weighted by Crippen LogP contribution is -2.36. The lowest BCUT2D eigenvalue weighted by molar-refractivity contribution is 0.474. The molecule has 2 aromatic carbocycles. The second-order valence-corrected chi connectivity index (χ2v) is 7.55. The van der Waals surface area contributed by atoms with Gasteiger partial charge in [-0.1, -0.05) is 48.5 Å². The number of benzene rings is 2. The third-order valence-electron chi connectivity index (χ3n) is 5.64. The van der Waals surface area contributed by atoms with Crippen molar-refractivity contribution in [3.63, 3.8) is 0 Å². The molecule has 140 valence electrons. The first-order chi connectivity index (χ1) is 13.9. The Morgan fingerprint density at radius 3 is 2.71 bits per heavy atom. The number of piperidine rings is 1. The molecular weight excluding hydrogens is 344 g/mol. The van der Waals surface area contributed by atoms with Gasteiger partial charge in [0.25, 0.3) is 0 Å². The third kappa shape index (κ3) is 3.38. The van der Waals surface area contributed by atoms with Crippen molar-refractivity contribution in [1.82, 2.24) is 14.5 Å². The number of hydrogen-bond donors (Lipinski definition) is 0. The highest BCUT2D eigenvalue weighted by molar-refractivity contribution is 5.80. The lowest BCUT2D eigenvalue weighted by Gasteiger charge is -2.33. The van der Waals surface area contributed by atoms with Gasteiger partial charge >= 0.3 is 0 Å². The number of fused-ring (bicyclic) bond motifs is 1. The predicted octanol–water partition coefficient (Wildman–Crippen LogP) is 4.86. The Hall–Kier alpha value is -3.14. The molecule has 0 radical (unpaired) electrons. The van der Waals surface area contributed by atoms with E-state index >= 15 is 0 Å². The Morgan fingerprint density at radius 2 is 1.79 bits per heavy atom. The third-order valence-corrected chi connectivity index (χ3v) is 5.64. The summed E-state index contributed by atoms with van der Waals surface area (Å²) in [6, 6.07) is 23.3. The quantitative estimate of drug-likeness (QED) is 0.516. The first kappa shape index (κ1) is 17.0. The van der Waals surface area contributed by atoms with Crippen molar-refractivity contribution in [2.75, 3.05) is 18.0 Å². The molecule has 0 bridgehead atoms. The summed E-state index contributed by atoms with van der Waals surface area (Å²) in [7, 11) is 0. The van der Waals surface area contributed by atoms with Crippen molar-refractivity contribution in [3.8, 4) is 0 Å². The first-order valence-corrected chi connectivity index (χ1v) is 10.0. The largest absolute Gasteiger partial charge is 0.356 e. The molecule has 1 aliphatic rings. The fourth-order valence-electron chi connectivity index (χ4n) is 4.22. The van der Waals surface area contributed by atoms with E-state index in [1.165, 1.54) is 23.2 Å². The first-order valence-electron chi connectivity index (χ1n) is 10.0. The standard InChI is InChI=1S/C24H24N4/c1-2-7-19(8-3-1)17-28-16-14-25-24(28)21-10-6-15-27(18-21)23-13-12-20-9-4-5-11-22(20)26-23/h1-5,7-9,11-14,16,21H,6,10,15,17-18H2. The van der Waals surface area contributed by atoms with E-state index in [-0.39, 0.29) is 0 Å². The van der Waals surface area contributed by atoms with Crippen LogP contribution in [-0.2, 0) is 6.54 Å². The van der Waals surface area contributed by atoms with Crippen molar-refractivity contribution >= 4 is 16.7 Å². The normalized spacial score (nSPS) is 17.1. The van der Waals surface area contributed by atoms with E-state index in [2.05, 4.69) is 82.4 Å². The van der Waals surface area contributed by atoms with Crippen LogP contribution in [0.1, 0.15) is 30.1 Å². The van der Waals surface area contributed by atoms with E-state index in [1.807, 2.05) is 6.20 Å². The Kier molecular flexibility index (Phi) is 4.53. The van der Waals surface area contributed by atoms with Gasteiger partial charge < -0.3 is 9.47 Å². The molecule has 1 saturated heterocycles. The Balaban J connectivity index is 1.38. The van der Waals surface area contributed by atoms with Crippen LogP contribution in [0.5, 0.6) is 0 Å². The minimum atomic E-state index is 0.431. The van der Waals surface area contributed by atoms with Crippen molar-refractivity contribution in [2.24, 2.45) is 0 Å². The van der Waals surface area contributed by atoms with Crippen molar-refractivity contribution in [2.45, 2.75) is 25.3 Å². The molecule has 0 saturated carbocycles. The van der Waals surface area contributed by atoms with E-state index in [0.717, 1.165) is 37.4 Å². The molecule has 2 aromatic heterocycles. The molecule has 0 spiro atoms.